The van der Waals surface area contributed by atoms with Crippen molar-refractivity contribution in [3.63, 3.8) is 0 Å². The van der Waals surface area contributed by atoms with Crippen molar-refractivity contribution in [2.45, 2.75) is 19.4 Å². The third kappa shape index (κ3) is 2.57. The fraction of sp³-hybridized carbons (Fsp3) is 0.600. The van der Waals surface area contributed by atoms with Crippen molar-refractivity contribution in [1.82, 2.24) is 10.2 Å². The highest BCUT2D eigenvalue weighted by molar-refractivity contribution is 14.1. The Kier molecular flexibility index (Phi) is 3.40. The van der Waals surface area contributed by atoms with Crippen LogP contribution in [0, 0.1) is 9.62 Å². The van der Waals surface area contributed by atoms with Gasteiger partial charge in [-0.05, 0) is 47.1 Å². The molecule has 2 rings (SSSR count). The molecule has 0 radical (unpaired) electrons. The number of rotatable bonds is 1. The van der Waals surface area contributed by atoms with Gasteiger partial charge < -0.3 is 10.0 Å². The van der Waals surface area contributed by atoms with Gasteiger partial charge in [0.2, 0.25) is 0 Å². The Labute approximate surface area is 103 Å². The molecular weight excluding hydrogens is 305 g/mol. The maximum absolute atomic E-state index is 9.62. The van der Waals surface area contributed by atoms with Gasteiger partial charge in [-0.1, -0.05) is 6.92 Å². The second kappa shape index (κ2) is 4.61. The molecule has 2 atom stereocenters. The molecule has 1 fully saturated rings. The molecule has 0 unspecified atom stereocenters. The summed E-state index contributed by atoms with van der Waals surface area (Å²) in [6.45, 7) is 3.79. The van der Waals surface area contributed by atoms with Crippen LogP contribution in [0.15, 0.2) is 12.1 Å². The summed E-state index contributed by atoms with van der Waals surface area (Å²) in [6.07, 6.45) is 0.646. The minimum absolute atomic E-state index is 0.168. The van der Waals surface area contributed by atoms with Crippen molar-refractivity contribution in [3.8, 4) is 0 Å². The quantitative estimate of drug-likeness (QED) is 0.793. The van der Waals surface area contributed by atoms with E-state index in [1.807, 2.05) is 12.1 Å². The first-order valence-electron chi connectivity index (χ1n) is 5.09. The van der Waals surface area contributed by atoms with Gasteiger partial charge >= 0.3 is 0 Å². The van der Waals surface area contributed by atoms with Crippen LogP contribution in [-0.4, -0.2) is 34.5 Å². The fourth-order valence-electron chi connectivity index (χ4n) is 1.82. The van der Waals surface area contributed by atoms with E-state index in [1.165, 1.54) is 0 Å². The van der Waals surface area contributed by atoms with Gasteiger partial charge in [0.15, 0.2) is 5.82 Å². The van der Waals surface area contributed by atoms with Crippen LogP contribution in [0.4, 0.5) is 5.82 Å². The molecular formula is C10H14IN3O. The number of nitrogens with zero attached hydrogens (tertiary/aromatic N) is 3. The lowest BCUT2D eigenvalue weighted by molar-refractivity contribution is 0.0968. The van der Waals surface area contributed by atoms with Crippen LogP contribution in [0.25, 0.3) is 0 Å². The van der Waals surface area contributed by atoms with Crippen molar-refractivity contribution < 1.29 is 5.11 Å². The number of aromatic nitrogens is 2. The van der Waals surface area contributed by atoms with E-state index >= 15 is 0 Å². The van der Waals surface area contributed by atoms with Crippen LogP contribution in [0.5, 0.6) is 0 Å². The highest BCUT2D eigenvalue weighted by Crippen LogP contribution is 2.21. The third-order valence-electron chi connectivity index (χ3n) is 2.80. The van der Waals surface area contributed by atoms with Crippen molar-refractivity contribution >= 4 is 28.4 Å². The largest absolute Gasteiger partial charge is 0.393 e. The molecule has 0 saturated carbocycles. The highest BCUT2D eigenvalue weighted by atomic mass is 127. The number of hydrogen-bond donors (Lipinski definition) is 1. The van der Waals surface area contributed by atoms with Gasteiger partial charge in [-0.3, -0.25) is 0 Å². The van der Waals surface area contributed by atoms with Crippen LogP contribution in [-0.2, 0) is 0 Å². The highest BCUT2D eigenvalue weighted by Gasteiger charge is 2.24. The molecule has 82 valence electrons. The van der Waals surface area contributed by atoms with Gasteiger partial charge in [0.25, 0.3) is 0 Å². The third-order valence-corrected chi connectivity index (χ3v) is 3.38. The maximum atomic E-state index is 9.62. The van der Waals surface area contributed by atoms with Gasteiger partial charge in [0.05, 0.1) is 6.10 Å². The molecule has 0 aromatic carbocycles. The molecule has 1 N–H and O–H groups in total. The van der Waals surface area contributed by atoms with Gasteiger partial charge in [0, 0.05) is 13.1 Å². The average Bonchev–Trinajstić information content (AvgIpc) is 2.23. The van der Waals surface area contributed by atoms with E-state index in [-0.39, 0.29) is 6.10 Å². The van der Waals surface area contributed by atoms with E-state index in [0.29, 0.717) is 5.92 Å². The van der Waals surface area contributed by atoms with Gasteiger partial charge in [-0.2, -0.15) is 0 Å². The first-order valence-corrected chi connectivity index (χ1v) is 6.17. The summed E-state index contributed by atoms with van der Waals surface area (Å²) in [5.74, 6) is 1.22. The predicted molar refractivity (Wildman–Crippen MR) is 66.7 cm³/mol. The Morgan fingerprint density at radius 2 is 2.27 bits per heavy atom. The van der Waals surface area contributed by atoms with E-state index in [1.54, 1.807) is 0 Å². The Hall–Kier alpha value is -0.430. The number of aliphatic hydroxyl groups excluding tert-OH is 1. The molecule has 2 heterocycles. The number of halogens is 1. The topological polar surface area (TPSA) is 49.2 Å². The minimum atomic E-state index is -0.168. The zero-order chi connectivity index (χ0) is 10.8. The molecule has 1 aliphatic heterocycles. The minimum Gasteiger partial charge on any atom is -0.393 e. The summed E-state index contributed by atoms with van der Waals surface area (Å²) in [5.41, 5.74) is 0. The van der Waals surface area contributed by atoms with E-state index in [2.05, 4.69) is 44.6 Å². The van der Waals surface area contributed by atoms with Gasteiger partial charge in [0.1, 0.15) is 3.70 Å². The molecule has 1 saturated heterocycles. The van der Waals surface area contributed by atoms with Crippen LogP contribution in [0.2, 0.25) is 0 Å². The molecule has 0 amide bonds. The van der Waals surface area contributed by atoms with E-state index < -0.39 is 0 Å². The molecule has 1 aromatic heterocycles. The number of piperidine rings is 1. The fourth-order valence-corrected chi connectivity index (χ4v) is 2.11. The molecule has 4 nitrogen and oxygen atoms in total. The van der Waals surface area contributed by atoms with Gasteiger partial charge in [-0.15, -0.1) is 10.2 Å². The van der Waals surface area contributed by atoms with E-state index in [9.17, 15) is 5.11 Å². The zero-order valence-corrected chi connectivity index (χ0v) is 10.8. The molecule has 15 heavy (non-hydrogen) atoms. The van der Waals surface area contributed by atoms with Crippen molar-refractivity contribution in [3.05, 3.63) is 15.8 Å². The lowest BCUT2D eigenvalue weighted by Crippen LogP contribution is -2.42. The molecule has 0 bridgehead atoms. The summed E-state index contributed by atoms with van der Waals surface area (Å²) < 4.78 is 0.904. The SMILES string of the molecule is C[C@H]1CN(c2ccc(I)nn2)CC[C@H]1O. The summed E-state index contributed by atoms with van der Waals surface area (Å²) in [7, 11) is 0. The Morgan fingerprint density at radius 1 is 1.47 bits per heavy atom. The standard InChI is InChI=1S/C10H14IN3O/c1-7-6-14(5-4-8(7)15)10-3-2-9(11)12-13-10/h2-3,7-8,15H,4-6H2,1H3/t7-,8+/m0/s1. The summed E-state index contributed by atoms with van der Waals surface area (Å²) in [6, 6.07) is 3.94. The van der Waals surface area contributed by atoms with E-state index in [4.69, 9.17) is 0 Å². The van der Waals surface area contributed by atoms with Crippen LogP contribution < -0.4 is 4.90 Å². The summed E-state index contributed by atoms with van der Waals surface area (Å²) >= 11 is 2.14. The Morgan fingerprint density at radius 3 is 2.87 bits per heavy atom. The lowest BCUT2D eigenvalue weighted by Gasteiger charge is -2.34. The molecule has 0 spiro atoms. The lowest BCUT2D eigenvalue weighted by atomic mass is 9.97. The van der Waals surface area contributed by atoms with E-state index in [0.717, 1.165) is 29.0 Å². The van der Waals surface area contributed by atoms with Crippen molar-refractivity contribution in [1.29, 1.82) is 0 Å². The molecule has 1 aliphatic rings. The molecule has 5 heteroatoms. The summed E-state index contributed by atoms with van der Waals surface area (Å²) in [5, 5.41) is 17.8. The Balaban J connectivity index is 2.08. The molecule has 0 aliphatic carbocycles. The maximum Gasteiger partial charge on any atom is 0.151 e. The number of anilines is 1. The Bertz CT molecular complexity index is 330. The molecule has 1 aromatic rings. The zero-order valence-electron chi connectivity index (χ0n) is 8.60. The van der Waals surface area contributed by atoms with Crippen LogP contribution >= 0.6 is 22.6 Å². The number of hydrogen-bond acceptors (Lipinski definition) is 4. The smallest absolute Gasteiger partial charge is 0.151 e. The second-order valence-electron chi connectivity index (χ2n) is 3.99. The first-order chi connectivity index (χ1) is 7.16. The average molecular weight is 319 g/mol. The van der Waals surface area contributed by atoms with Crippen LogP contribution in [0.3, 0.4) is 0 Å². The number of aliphatic hydroxyl groups is 1. The normalized spacial score (nSPS) is 26.7. The monoisotopic (exact) mass is 319 g/mol. The second-order valence-corrected chi connectivity index (χ2v) is 5.10. The predicted octanol–water partition coefficient (Wildman–Crippen LogP) is 1.29. The van der Waals surface area contributed by atoms with Crippen molar-refractivity contribution in [2.24, 2.45) is 5.92 Å². The first kappa shape index (κ1) is 11.1. The van der Waals surface area contributed by atoms with Gasteiger partial charge in [-0.25, -0.2) is 0 Å². The van der Waals surface area contributed by atoms with Crippen LogP contribution in [0.1, 0.15) is 13.3 Å². The summed E-state index contributed by atoms with van der Waals surface area (Å²) in [4.78, 5) is 2.18. The van der Waals surface area contributed by atoms with Crippen molar-refractivity contribution in [2.75, 3.05) is 18.0 Å².